The van der Waals surface area contributed by atoms with Gasteiger partial charge in [-0.15, -0.1) is 0 Å². The van der Waals surface area contributed by atoms with Crippen molar-refractivity contribution in [3.05, 3.63) is 47.0 Å². The van der Waals surface area contributed by atoms with Crippen molar-refractivity contribution >= 4 is 21.6 Å². The fourth-order valence-corrected chi connectivity index (χ4v) is 4.05. The van der Waals surface area contributed by atoms with Gasteiger partial charge in [0.1, 0.15) is 22.1 Å². The molecule has 136 valence electrons. The molecule has 25 heavy (non-hydrogen) atoms. The molecule has 0 bridgehead atoms. The van der Waals surface area contributed by atoms with Crippen LogP contribution in [0.25, 0.3) is 0 Å². The van der Waals surface area contributed by atoms with Gasteiger partial charge >= 0.3 is 0 Å². The van der Waals surface area contributed by atoms with Gasteiger partial charge in [-0.05, 0) is 43.3 Å². The van der Waals surface area contributed by atoms with Gasteiger partial charge in [0.2, 0.25) is 10.0 Å². The smallest absolute Gasteiger partial charge is 0.244 e. The maximum absolute atomic E-state index is 12.8. The Hall–Kier alpha value is -1.96. The van der Waals surface area contributed by atoms with E-state index in [1.807, 2.05) is 0 Å². The third-order valence-electron chi connectivity index (χ3n) is 3.65. The van der Waals surface area contributed by atoms with Gasteiger partial charge in [-0.1, -0.05) is 11.6 Å². The number of benzene rings is 2. The number of methoxy groups -OCH3 is 3. The summed E-state index contributed by atoms with van der Waals surface area (Å²) in [7, 11) is 0.586. The number of hydrogen-bond donors (Lipinski definition) is 1. The first-order valence-corrected chi connectivity index (χ1v) is 9.26. The van der Waals surface area contributed by atoms with Gasteiger partial charge in [-0.2, -0.15) is 0 Å². The van der Waals surface area contributed by atoms with Crippen LogP contribution >= 0.6 is 11.6 Å². The van der Waals surface area contributed by atoms with Crippen molar-refractivity contribution in [3.8, 4) is 17.2 Å². The van der Waals surface area contributed by atoms with Gasteiger partial charge in [0.25, 0.3) is 0 Å². The first kappa shape index (κ1) is 19.4. The average molecular weight is 386 g/mol. The summed E-state index contributed by atoms with van der Waals surface area (Å²) in [4.78, 5) is -0.0313. The van der Waals surface area contributed by atoms with Crippen LogP contribution in [0, 0.1) is 0 Å². The fraction of sp³-hybridized carbons (Fsp3) is 0.294. The molecule has 0 aromatic heterocycles. The minimum Gasteiger partial charge on any atom is -0.497 e. The van der Waals surface area contributed by atoms with Crippen LogP contribution in [-0.4, -0.2) is 29.7 Å². The third-order valence-corrected chi connectivity index (χ3v) is 5.45. The Morgan fingerprint density at radius 2 is 1.60 bits per heavy atom. The van der Waals surface area contributed by atoms with Gasteiger partial charge in [0.05, 0.1) is 21.3 Å². The van der Waals surface area contributed by atoms with Crippen molar-refractivity contribution < 1.29 is 22.6 Å². The van der Waals surface area contributed by atoms with Crippen LogP contribution in [0.4, 0.5) is 0 Å². The highest BCUT2D eigenvalue weighted by atomic mass is 35.5. The van der Waals surface area contributed by atoms with E-state index in [1.165, 1.54) is 33.5 Å². The molecule has 8 heteroatoms. The standard InChI is InChI=1S/C17H20ClNO5S/c1-11(14-10-13(22-2)6-8-15(14)23-3)19-25(20,21)17-9-12(18)5-7-16(17)24-4/h5-11,19H,1-4H3/t11-/m1/s1. The van der Waals surface area contributed by atoms with E-state index in [9.17, 15) is 8.42 Å². The zero-order valence-corrected chi connectivity index (χ0v) is 15.9. The molecule has 0 heterocycles. The Balaban J connectivity index is 2.40. The van der Waals surface area contributed by atoms with Crippen LogP contribution < -0.4 is 18.9 Å². The van der Waals surface area contributed by atoms with Crippen molar-refractivity contribution in [1.29, 1.82) is 0 Å². The third kappa shape index (κ3) is 4.36. The predicted molar refractivity (Wildman–Crippen MR) is 96.3 cm³/mol. The van der Waals surface area contributed by atoms with Crippen molar-refractivity contribution in [2.24, 2.45) is 0 Å². The number of sulfonamides is 1. The topological polar surface area (TPSA) is 73.9 Å². The number of rotatable bonds is 7. The van der Waals surface area contributed by atoms with Crippen LogP contribution in [0.2, 0.25) is 5.02 Å². The molecule has 1 atom stereocenters. The zero-order chi connectivity index (χ0) is 18.6. The van der Waals surface area contributed by atoms with Crippen LogP contribution in [-0.2, 0) is 10.0 Å². The molecule has 6 nitrogen and oxygen atoms in total. The fourth-order valence-electron chi connectivity index (χ4n) is 2.40. The molecule has 0 aliphatic carbocycles. The average Bonchev–Trinajstić information content (AvgIpc) is 2.60. The van der Waals surface area contributed by atoms with Crippen LogP contribution in [0.3, 0.4) is 0 Å². The Bertz CT molecular complexity index is 854. The molecule has 0 radical (unpaired) electrons. The number of nitrogens with one attached hydrogen (secondary N) is 1. The van der Waals surface area contributed by atoms with Crippen LogP contribution in [0.15, 0.2) is 41.3 Å². The normalized spacial score (nSPS) is 12.5. The molecule has 0 fully saturated rings. The minimum absolute atomic E-state index is 0.0313. The molecule has 2 rings (SSSR count). The van der Waals surface area contributed by atoms with Gasteiger partial charge in [0.15, 0.2) is 0 Å². The lowest BCUT2D eigenvalue weighted by atomic mass is 10.1. The van der Waals surface area contributed by atoms with Crippen LogP contribution in [0.1, 0.15) is 18.5 Å². The lowest BCUT2D eigenvalue weighted by molar-refractivity contribution is 0.394. The molecule has 0 aliphatic rings. The van der Waals surface area contributed by atoms with E-state index in [1.54, 1.807) is 31.2 Å². The molecule has 0 spiro atoms. The molecule has 0 saturated heterocycles. The van der Waals surface area contributed by atoms with Crippen molar-refractivity contribution in [2.75, 3.05) is 21.3 Å². The summed E-state index contributed by atoms with van der Waals surface area (Å²) < 4.78 is 43.8. The van der Waals surface area contributed by atoms with Crippen molar-refractivity contribution in [2.45, 2.75) is 17.9 Å². The number of ether oxygens (including phenoxy) is 3. The van der Waals surface area contributed by atoms with Gasteiger partial charge in [-0.25, -0.2) is 13.1 Å². The Kier molecular flexibility index (Phi) is 6.16. The second-order valence-corrected chi connectivity index (χ2v) is 7.36. The van der Waals surface area contributed by atoms with Crippen molar-refractivity contribution in [3.63, 3.8) is 0 Å². The van der Waals surface area contributed by atoms with Gasteiger partial charge < -0.3 is 14.2 Å². The number of halogens is 1. The molecule has 2 aromatic rings. The summed E-state index contributed by atoms with van der Waals surface area (Å²) in [5.74, 6) is 1.36. The predicted octanol–water partition coefficient (Wildman–Crippen LogP) is 3.41. The van der Waals surface area contributed by atoms with E-state index < -0.39 is 16.1 Å². The quantitative estimate of drug-likeness (QED) is 0.790. The molecule has 2 aromatic carbocycles. The van der Waals surface area contributed by atoms with Gasteiger partial charge in [-0.3, -0.25) is 0 Å². The lowest BCUT2D eigenvalue weighted by Gasteiger charge is -2.19. The molecule has 1 N–H and O–H groups in total. The summed E-state index contributed by atoms with van der Waals surface area (Å²) in [5, 5.41) is 0.299. The Labute approximate surface area is 152 Å². The second kappa shape index (κ2) is 7.95. The largest absolute Gasteiger partial charge is 0.497 e. The van der Waals surface area contributed by atoms with Crippen molar-refractivity contribution in [1.82, 2.24) is 4.72 Å². The Morgan fingerprint density at radius 3 is 2.20 bits per heavy atom. The highest BCUT2D eigenvalue weighted by molar-refractivity contribution is 7.89. The maximum Gasteiger partial charge on any atom is 0.244 e. The molecular weight excluding hydrogens is 366 g/mol. The number of hydrogen-bond acceptors (Lipinski definition) is 5. The Morgan fingerprint density at radius 1 is 0.960 bits per heavy atom. The zero-order valence-electron chi connectivity index (χ0n) is 14.4. The molecule has 0 saturated carbocycles. The first-order valence-electron chi connectivity index (χ1n) is 7.40. The second-order valence-electron chi connectivity index (χ2n) is 5.25. The van der Waals surface area contributed by atoms with Crippen LogP contribution in [0.5, 0.6) is 17.2 Å². The molecule has 0 unspecified atom stereocenters. The lowest BCUT2D eigenvalue weighted by Crippen LogP contribution is -2.27. The molecule has 0 aliphatic heterocycles. The van der Waals surface area contributed by atoms with E-state index in [0.29, 0.717) is 22.1 Å². The van der Waals surface area contributed by atoms with Gasteiger partial charge in [0, 0.05) is 16.6 Å². The first-order chi connectivity index (χ1) is 11.8. The highest BCUT2D eigenvalue weighted by Gasteiger charge is 2.24. The summed E-state index contributed by atoms with van der Waals surface area (Å²) >= 11 is 5.94. The summed E-state index contributed by atoms with van der Waals surface area (Å²) in [6, 6.07) is 9.03. The van der Waals surface area contributed by atoms with E-state index in [0.717, 1.165) is 0 Å². The SMILES string of the molecule is COc1ccc(OC)c([C@@H](C)NS(=O)(=O)c2cc(Cl)ccc2OC)c1. The summed E-state index contributed by atoms with van der Waals surface area (Å²) in [5.41, 5.74) is 0.645. The monoisotopic (exact) mass is 385 g/mol. The van der Waals surface area contributed by atoms with E-state index >= 15 is 0 Å². The summed E-state index contributed by atoms with van der Waals surface area (Å²) in [6.07, 6.45) is 0. The highest BCUT2D eigenvalue weighted by Crippen LogP contribution is 2.32. The maximum atomic E-state index is 12.8. The van der Waals surface area contributed by atoms with E-state index in [4.69, 9.17) is 25.8 Å². The molecule has 0 amide bonds. The van der Waals surface area contributed by atoms with E-state index in [-0.39, 0.29) is 10.6 Å². The van der Waals surface area contributed by atoms with E-state index in [2.05, 4.69) is 4.72 Å². The molecular formula is C17H20ClNO5S. The summed E-state index contributed by atoms with van der Waals surface area (Å²) in [6.45, 7) is 1.71. The minimum atomic E-state index is -3.87.